The fourth-order valence-electron chi connectivity index (χ4n) is 2.75. The van der Waals surface area contributed by atoms with E-state index < -0.39 is 5.54 Å². The number of ether oxygens (including phenoxy) is 1. The molecule has 0 spiro atoms. The summed E-state index contributed by atoms with van der Waals surface area (Å²) in [6.45, 7) is 13.0. The molecule has 1 amide bonds. The molecule has 19 heavy (non-hydrogen) atoms. The van der Waals surface area contributed by atoms with Gasteiger partial charge in [-0.3, -0.25) is 4.79 Å². The zero-order valence-corrected chi connectivity index (χ0v) is 13.5. The van der Waals surface area contributed by atoms with Crippen molar-refractivity contribution in [2.75, 3.05) is 13.7 Å². The number of nitrogens with zero attached hydrogens (tertiary/aromatic N) is 1. The first-order chi connectivity index (χ1) is 8.59. The van der Waals surface area contributed by atoms with Crippen molar-refractivity contribution < 1.29 is 9.53 Å². The Balaban J connectivity index is 2.83. The average Bonchev–Trinajstić information content (AvgIpc) is 2.35. The van der Waals surface area contributed by atoms with E-state index in [0.717, 1.165) is 0 Å². The van der Waals surface area contributed by atoms with E-state index in [2.05, 4.69) is 20.8 Å². The normalized spacial score (nSPS) is 30.9. The molecule has 1 rings (SSSR count). The zero-order valence-electron chi connectivity index (χ0n) is 13.5. The first kappa shape index (κ1) is 16.4. The summed E-state index contributed by atoms with van der Waals surface area (Å²) >= 11 is 0. The summed E-state index contributed by atoms with van der Waals surface area (Å²) in [5.74, 6) is 0.457. The highest BCUT2D eigenvalue weighted by Gasteiger charge is 2.63. The van der Waals surface area contributed by atoms with Crippen LogP contribution in [0.15, 0.2) is 0 Å². The van der Waals surface area contributed by atoms with Gasteiger partial charge in [0.25, 0.3) is 0 Å². The van der Waals surface area contributed by atoms with Crippen LogP contribution in [0.3, 0.4) is 0 Å². The smallest absolute Gasteiger partial charge is 0.243 e. The topological polar surface area (TPSA) is 55.6 Å². The van der Waals surface area contributed by atoms with E-state index in [1.165, 1.54) is 0 Å². The summed E-state index contributed by atoms with van der Waals surface area (Å²) in [6.07, 6.45) is 0.691. The molecule has 4 heteroatoms. The molecule has 0 aromatic carbocycles. The van der Waals surface area contributed by atoms with E-state index in [1.807, 2.05) is 27.8 Å². The second kappa shape index (κ2) is 5.41. The van der Waals surface area contributed by atoms with Crippen LogP contribution in [-0.2, 0) is 9.53 Å². The molecule has 0 radical (unpaired) electrons. The summed E-state index contributed by atoms with van der Waals surface area (Å²) < 4.78 is 5.68. The van der Waals surface area contributed by atoms with Crippen molar-refractivity contribution in [2.24, 2.45) is 17.1 Å². The Kier molecular flexibility index (Phi) is 4.68. The molecule has 0 aromatic heterocycles. The Labute approximate surface area is 117 Å². The maximum absolute atomic E-state index is 12.7. The number of carbonyl (C=O) groups is 1. The fraction of sp³-hybridized carbons (Fsp3) is 0.933. The Hall–Kier alpha value is -0.610. The van der Waals surface area contributed by atoms with Crippen molar-refractivity contribution >= 4 is 5.91 Å². The molecule has 3 unspecified atom stereocenters. The lowest BCUT2D eigenvalue weighted by atomic mass is 9.54. The number of likely N-dealkylation sites (N-methyl/N-ethyl adjacent to an activating group) is 1. The van der Waals surface area contributed by atoms with Crippen LogP contribution in [-0.4, -0.2) is 42.1 Å². The van der Waals surface area contributed by atoms with Gasteiger partial charge in [0.05, 0.1) is 6.10 Å². The maximum Gasteiger partial charge on any atom is 0.243 e. The monoisotopic (exact) mass is 270 g/mol. The van der Waals surface area contributed by atoms with Crippen molar-refractivity contribution in [2.45, 2.75) is 65.6 Å². The molecule has 1 saturated carbocycles. The second-order valence-corrected chi connectivity index (χ2v) is 6.74. The minimum atomic E-state index is -0.801. The van der Waals surface area contributed by atoms with Crippen LogP contribution in [0.1, 0.15) is 48.0 Å². The predicted molar refractivity (Wildman–Crippen MR) is 77.8 cm³/mol. The standard InChI is InChI=1S/C15H30N2O2/c1-8-19-12-9-15(16,14(12,5)6)13(18)17(7)11(4)10(2)3/h10-12H,8-9,16H2,1-7H3. The number of rotatable bonds is 5. The van der Waals surface area contributed by atoms with Gasteiger partial charge in [-0.1, -0.05) is 27.7 Å². The lowest BCUT2D eigenvalue weighted by Crippen LogP contribution is -2.76. The average molecular weight is 270 g/mol. The molecular formula is C15H30N2O2. The molecule has 112 valence electrons. The van der Waals surface area contributed by atoms with Gasteiger partial charge in [-0.15, -0.1) is 0 Å². The second-order valence-electron chi connectivity index (χ2n) is 6.74. The van der Waals surface area contributed by atoms with Gasteiger partial charge in [0.15, 0.2) is 0 Å². The van der Waals surface area contributed by atoms with Crippen LogP contribution >= 0.6 is 0 Å². The number of nitrogens with two attached hydrogens (primary N) is 1. The number of carbonyl (C=O) groups excluding carboxylic acids is 1. The molecule has 1 aliphatic rings. The van der Waals surface area contributed by atoms with Crippen LogP contribution in [0.5, 0.6) is 0 Å². The minimum Gasteiger partial charge on any atom is -0.378 e. The van der Waals surface area contributed by atoms with Gasteiger partial charge >= 0.3 is 0 Å². The third kappa shape index (κ3) is 2.52. The van der Waals surface area contributed by atoms with E-state index in [1.54, 1.807) is 4.90 Å². The highest BCUT2D eigenvalue weighted by molar-refractivity contribution is 5.89. The van der Waals surface area contributed by atoms with Crippen LogP contribution < -0.4 is 5.73 Å². The van der Waals surface area contributed by atoms with Gasteiger partial charge in [-0.05, 0) is 19.8 Å². The Morgan fingerprint density at radius 2 is 1.95 bits per heavy atom. The molecule has 0 aromatic rings. The summed E-state index contributed by atoms with van der Waals surface area (Å²) in [6, 6.07) is 0.190. The summed E-state index contributed by atoms with van der Waals surface area (Å²) in [5, 5.41) is 0. The van der Waals surface area contributed by atoms with Gasteiger partial charge in [-0.25, -0.2) is 0 Å². The van der Waals surface area contributed by atoms with E-state index in [0.29, 0.717) is 18.9 Å². The van der Waals surface area contributed by atoms with E-state index in [-0.39, 0.29) is 23.5 Å². The predicted octanol–water partition coefficient (Wildman–Crippen LogP) is 2.02. The SMILES string of the molecule is CCOC1CC(N)(C(=O)N(C)C(C)C(C)C)C1(C)C. The first-order valence-corrected chi connectivity index (χ1v) is 7.27. The first-order valence-electron chi connectivity index (χ1n) is 7.27. The van der Waals surface area contributed by atoms with Gasteiger partial charge < -0.3 is 15.4 Å². The van der Waals surface area contributed by atoms with Crippen LogP contribution in [0.4, 0.5) is 0 Å². The largest absolute Gasteiger partial charge is 0.378 e. The van der Waals surface area contributed by atoms with Gasteiger partial charge in [-0.2, -0.15) is 0 Å². The molecule has 0 heterocycles. The lowest BCUT2D eigenvalue weighted by molar-refractivity contribution is -0.180. The number of amides is 1. The molecular weight excluding hydrogens is 240 g/mol. The third-order valence-corrected chi connectivity index (χ3v) is 5.11. The van der Waals surface area contributed by atoms with Crippen LogP contribution in [0.2, 0.25) is 0 Å². The van der Waals surface area contributed by atoms with Crippen molar-refractivity contribution in [3.63, 3.8) is 0 Å². The van der Waals surface area contributed by atoms with Gasteiger partial charge in [0.1, 0.15) is 5.54 Å². The number of hydrogen-bond acceptors (Lipinski definition) is 3. The van der Waals surface area contributed by atoms with Crippen molar-refractivity contribution in [1.29, 1.82) is 0 Å². The van der Waals surface area contributed by atoms with Gasteiger partial charge in [0.2, 0.25) is 5.91 Å². The van der Waals surface area contributed by atoms with Crippen LogP contribution in [0.25, 0.3) is 0 Å². The molecule has 2 N–H and O–H groups in total. The molecule has 0 bridgehead atoms. The zero-order chi connectivity index (χ0) is 15.0. The lowest BCUT2D eigenvalue weighted by Gasteiger charge is -2.59. The Morgan fingerprint density at radius 1 is 1.42 bits per heavy atom. The maximum atomic E-state index is 12.7. The van der Waals surface area contributed by atoms with Crippen molar-refractivity contribution in [3.05, 3.63) is 0 Å². The minimum absolute atomic E-state index is 0.0367. The summed E-state index contributed by atoms with van der Waals surface area (Å²) in [5.41, 5.74) is 5.30. The van der Waals surface area contributed by atoms with Gasteiger partial charge in [0, 0.05) is 31.5 Å². The quantitative estimate of drug-likeness (QED) is 0.831. The number of hydrogen-bond donors (Lipinski definition) is 1. The van der Waals surface area contributed by atoms with E-state index in [9.17, 15) is 4.79 Å². The van der Waals surface area contributed by atoms with Crippen LogP contribution in [0, 0.1) is 11.3 Å². The molecule has 0 saturated heterocycles. The molecule has 1 fully saturated rings. The molecule has 3 atom stereocenters. The summed E-state index contributed by atoms with van der Waals surface area (Å²) in [4.78, 5) is 14.5. The third-order valence-electron chi connectivity index (χ3n) is 5.11. The Morgan fingerprint density at radius 3 is 2.32 bits per heavy atom. The Bertz CT molecular complexity index is 341. The highest BCUT2D eigenvalue weighted by atomic mass is 16.5. The van der Waals surface area contributed by atoms with E-state index in [4.69, 9.17) is 10.5 Å². The molecule has 1 aliphatic carbocycles. The highest BCUT2D eigenvalue weighted by Crippen LogP contribution is 2.50. The molecule has 0 aliphatic heterocycles. The fourth-order valence-corrected chi connectivity index (χ4v) is 2.75. The molecule has 4 nitrogen and oxygen atoms in total. The van der Waals surface area contributed by atoms with Crippen molar-refractivity contribution in [1.82, 2.24) is 4.90 Å². The van der Waals surface area contributed by atoms with E-state index >= 15 is 0 Å². The van der Waals surface area contributed by atoms with Crippen molar-refractivity contribution in [3.8, 4) is 0 Å². The summed E-state index contributed by atoms with van der Waals surface area (Å²) in [7, 11) is 1.85.